The summed E-state index contributed by atoms with van der Waals surface area (Å²) in [5.41, 5.74) is 0.992. The van der Waals surface area contributed by atoms with Crippen LogP contribution in [0.3, 0.4) is 0 Å². The van der Waals surface area contributed by atoms with Crippen LogP contribution in [0.25, 0.3) is 22.8 Å². The Hall–Kier alpha value is -3.35. The van der Waals surface area contributed by atoms with Gasteiger partial charge in [-0.25, -0.2) is 4.98 Å². The summed E-state index contributed by atoms with van der Waals surface area (Å²) in [6, 6.07) is 11.3. The summed E-state index contributed by atoms with van der Waals surface area (Å²) in [4.78, 5) is 18.0. The van der Waals surface area contributed by atoms with Crippen molar-refractivity contribution in [1.82, 2.24) is 14.5 Å². The largest absolute Gasteiger partial charge is 0.416 e. The van der Waals surface area contributed by atoms with E-state index in [4.69, 9.17) is 0 Å². The normalized spacial score (nSPS) is 14.5. The third-order valence-corrected chi connectivity index (χ3v) is 4.57. The van der Waals surface area contributed by atoms with Crippen LogP contribution in [0.1, 0.15) is 11.1 Å². The highest BCUT2D eigenvalue weighted by molar-refractivity contribution is 5.96. The summed E-state index contributed by atoms with van der Waals surface area (Å²) in [6.07, 6.45) is 3.47. The third-order valence-electron chi connectivity index (χ3n) is 4.57. The molecule has 0 bridgehead atoms. The smallest absolute Gasteiger partial charge is 0.332 e. The molecule has 4 nitrogen and oxygen atoms in total. The van der Waals surface area contributed by atoms with Gasteiger partial charge in [-0.2, -0.15) is 13.2 Å². The average molecular weight is 383 g/mol. The number of imidazole rings is 1. The number of alkyl halides is 3. The van der Waals surface area contributed by atoms with E-state index in [-0.39, 0.29) is 17.0 Å². The van der Waals surface area contributed by atoms with E-state index in [1.54, 1.807) is 9.47 Å². The molecule has 0 N–H and O–H groups in total. The fraction of sp³-hybridized carbons (Fsp3) is 0.143. The van der Waals surface area contributed by atoms with Gasteiger partial charge in [0.05, 0.1) is 16.6 Å². The molecule has 3 aromatic rings. The second kappa shape index (κ2) is 6.99. The Morgan fingerprint density at radius 3 is 2.46 bits per heavy atom. The van der Waals surface area contributed by atoms with Gasteiger partial charge in [0.15, 0.2) is 0 Å². The number of para-hydroxylation sites is 1. The van der Waals surface area contributed by atoms with Gasteiger partial charge >= 0.3 is 6.18 Å². The van der Waals surface area contributed by atoms with Crippen molar-refractivity contribution in [3.05, 3.63) is 78.1 Å². The molecule has 2 heterocycles. The number of aromatic nitrogens is 2. The number of amides is 1. The number of nitrogens with zero attached hydrogens (tertiary/aromatic N) is 3. The maximum atomic E-state index is 13.3. The van der Waals surface area contributed by atoms with E-state index in [0.29, 0.717) is 18.6 Å². The number of hydrogen-bond donors (Lipinski definition) is 0. The SMILES string of the molecule is O=C(/C=C\c1cc(C(F)(F)F)cc2ncn(-c3ccccc3)c12)N1CC=CC1. The molecule has 0 spiro atoms. The molecule has 0 unspecified atom stereocenters. The van der Waals surface area contributed by atoms with Crippen molar-refractivity contribution in [2.45, 2.75) is 6.18 Å². The van der Waals surface area contributed by atoms with Crippen molar-refractivity contribution < 1.29 is 18.0 Å². The lowest BCUT2D eigenvalue weighted by atomic mass is 10.1. The quantitative estimate of drug-likeness (QED) is 0.495. The van der Waals surface area contributed by atoms with Crippen LogP contribution in [0, 0.1) is 0 Å². The number of fused-ring (bicyclic) bond motifs is 1. The molecule has 142 valence electrons. The van der Waals surface area contributed by atoms with Crippen molar-refractivity contribution in [3.8, 4) is 5.69 Å². The molecule has 2 aromatic carbocycles. The second-order valence-electron chi connectivity index (χ2n) is 6.43. The van der Waals surface area contributed by atoms with Crippen molar-refractivity contribution >= 4 is 23.0 Å². The van der Waals surface area contributed by atoms with E-state index in [1.807, 2.05) is 42.5 Å². The van der Waals surface area contributed by atoms with E-state index >= 15 is 0 Å². The minimum Gasteiger partial charge on any atom is -0.332 e. The summed E-state index contributed by atoms with van der Waals surface area (Å²) < 4.78 is 41.7. The fourth-order valence-corrected chi connectivity index (χ4v) is 3.18. The Kier molecular flexibility index (Phi) is 4.50. The lowest BCUT2D eigenvalue weighted by Gasteiger charge is -2.13. The van der Waals surface area contributed by atoms with Gasteiger partial charge in [0, 0.05) is 30.4 Å². The second-order valence-corrected chi connectivity index (χ2v) is 6.43. The van der Waals surface area contributed by atoms with E-state index in [9.17, 15) is 18.0 Å². The lowest BCUT2D eigenvalue weighted by molar-refractivity contribution is -0.137. The number of benzene rings is 2. The first-order valence-corrected chi connectivity index (χ1v) is 8.69. The van der Waals surface area contributed by atoms with Gasteiger partial charge < -0.3 is 4.90 Å². The summed E-state index contributed by atoms with van der Waals surface area (Å²) in [6.45, 7) is 1.01. The molecule has 1 aromatic heterocycles. The summed E-state index contributed by atoms with van der Waals surface area (Å²) >= 11 is 0. The summed E-state index contributed by atoms with van der Waals surface area (Å²) in [7, 11) is 0. The van der Waals surface area contributed by atoms with Crippen molar-refractivity contribution in [3.63, 3.8) is 0 Å². The molecular formula is C21H16F3N3O. The molecule has 1 aliphatic heterocycles. The van der Waals surface area contributed by atoms with E-state index in [0.717, 1.165) is 17.8 Å². The molecule has 1 aliphatic rings. The highest BCUT2D eigenvalue weighted by Crippen LogP contribution is 2.34. The molecular weight excluding hydrogens is 367 g/mol. The van der Waals surface area contributed by atoms with E-state index in [1.165, 1.54) is 18.5 Å². The Morgan fingerprint density at radius 2 is 1.79 bits per heavy atom. The Bertz CT molecular complexity index is 1070. The predicted octanol–water partition coefficient (Wildman–Crippen LogP) is 4.46. The number of halogens is 3. The first-order chi connectivity index (χ1) is 13.4. The Morgan fingerprint density at radius 1 is 1.07 bits per heavy atom. The van der Waals surface area contributed by atoms with Crippen molar-refractivity contribution in [1.29, 1.82) is 0 Å². The van der Waals surface area contributed by atoms with Gasteiger partial charge in [-0.3, -0.25) is 9.36 Å². The fourth-order valence-electron chi connectivity index (χ4n) is 3.18. The van der Waals surface area contributed by atoms with Crippen molar-refractivity contribution in [2.24, 2.45) is 0 Å². The van der Waals surface area contributed by atoms with E-state index < -0.39 is 11.7 Å². The molecule has 0 atom stereocenters. The molecule has 28 heavy (non-hydrogen) atoms. The maximum Gasteiger partial charge on any atom is 0.416 e. The van der Waals surface area contributed by atoms with Crippen LogP contribution in [-0.2, 0) is 11.0 Å². The standard InChI is InChI=1S/C21H16F3N3O/c22-21(23,24)16-12-15(8-9-19(28)26-10-4-5-11-26)20-18(13-16)25-14-27(20)17-6-2-1-3-7-17/h1-9,12-14H,10-11H2/b9-8-. The van der Waals surface area contributed by atoms with E-state index in [2.05, 4.69) is 4.98 Å². The maximum absolute atomic E-state index is 13.3. The highest BCUT2D eigenvalue weighted by Gasteiger charge is 2.32. The zero-order chi connectivity index (χ0) is 19.7. The van der Waals surface area contributed by atoms with Crippen LogP contribution in [0.4, 0.5) is 13.2 Å². The van der Waals surface area contributed by atoms with Crippen LogP contribution in [0.2, 0.25) is 0 Å². The van der Waals surface area contributed by atoms with Gasteiger partial charge in [-0.1, -0.05) is 30.4 Å². The number of carbonyl (C=O) groups is 1. The first-order valence-electron chi connectivity index (χ1n) is 8.69. The zero-order valence-electron chi connectivity index (χ0n) is 14.7. The molecule has 0 saturated carbocycles. The van der Waals surface area contributed by atoms with Crippen LogP contribution in [-0.4, -0.2) is 33.4 Å². The van der Waals surface area contributed by atoms with Gasteiger partial charge in [-0.15, -0.1) is 0 Å². The van der Waals surface area contributed by atoms with Gasteiger partial charge in [-0.05, 0) is 30.3 Å². The lowest BCUT2D eigenvalue weighted by Crippen LogP contribution is -2.26. The molecule has 0 aliphatic carbocycles. The summed E-state index contributed by atoms with van der Waals surface area (Å²) in [5, 5.41) is 0. The Labute approximate surface area is 159 Å². The average Bonchev–Trinajstić information content (AvgIpc) is 3.35. The monoisotopic (exact) mass is 383 g/mol. The minimum atomic E-state index is -4.50. The zero-order valence-corrected chi connectivity index (χ0v) is 14.7. The van der Waals surface area contributed by atoms with Crippen LogP contribution < -0.4 is 0 Å². The molecule has 0 saturated heterocycles. The van der Waals surface area contributed by atoms with Crippen molar-refractivity contribution in [2.75, 3.05) is 13.1 Å². The highest BCUT2D eigenvalue weighted by atomic mass is 19.4. The van der Waals surface area contributed by atoms with Gasteiger partial charge in [0.1, 0.15) is 6.33 Å². The van der Waals surface area contributed by atoms with Gasteiger partial charge in [0.2, 0.25) is 5.91 Å². The summed E-state index contributed by atoms with van der Waals surface area (Å²) in [5.74, 6) is -0.249. The molecule has 7 heteroatoms. The third kappa shape index (κ3) is 3.43. The molecule has 4 rings (SSSR count). The van der Waals surface area contributed by atoms with Gasteiger partial charge in [0.25, 0.3) is 0 Å². The van der Waals surface area contributed by atoms with Crippen LogP contribution in [0.5, 0.6) is 0 Å². The minimum absolute atomic E-state index is 0.216. The number of carbonyl (C=O) groups excluding carboxylic acids is 1. The number of rotatable bonds is 3. The predicted molar refractivity (Wildman–Crippen MR) is 101 cm³/mol. The molecule has 1 amide bonds. The first kappa shape index (κ1) is 18.0. The number of hydrogen-bond acceptors (Lipinski definition) is 2. The Balaban J connectivity index is 1.83. The molecule has 0 radical (unpaired) electrons. The topological polar surface area (TPSA) is 38.1 Å². The molecule has 0 fully saturated rings. The van der Waals surface area contributed by atoms with Crippen LogP contribution in [0.15, 0.2) is 67.0 Å². The van der Waals surface area contributed by atoms with Crippen LogP contribution >= 0.6 is 0 Å².